The lowest BCUT2D eigenvalue weighted by molar-refractivity contribution is 0.281. The highest BCUT2D eigenvalue weighted by Crippen LogP contribution is 2.29. The Morgan fingerprint density at radius 3 is 2.74 bits per heavy atom. The molecule has 0 radical (unpaired) electrons. The Morgan fingerprint density at radius 1 is 1.10 bits per heavy atom. The number of hydrogen-bond donors (Lipinski definition) is 3. The van der Waals surface area contributed by atoms with Crippen molar-refractivity contribution in [2.24, 2.45) is 0 Å². The Labute approximate surface area is 182 Å². The van der Waals surface area contributed by atoms with Crippen LogP contribution in [0, 0.1) is 0 Å². The maximum absolute atomic E-state index is 12.0. The van der Waals surface area contributed by atoms with Gasteiger partial charge in [0.25, 0.3) is 5.56 Å². The van der Waals surface area contributed by atoms with Gasteiger partial charge in [0.1, 0.15) is 16.2 Å². The first-order valence-electron chi connectivity index (χ1n) is 10.2. The third-order valence-corrected chi connectivity index (χ3v) is 6.36. The van der Waals surface area contributed by atoms with Crippen LogP contribution in [0.1, 0.15) is 24.8 Å². The molecule has 0 bridgehead atoms. The normalized spacial score (nSPS) is 18.4. The second kappa shape index (κ2) is 8.44. The van der Waals surface area contributed by atoms with Gasteiger partial charge in [0.15, 0.2) is 5.13 Å². The quantitative estimate of drug-likeness (QED) is 0.428. The number of rotatable bonds is 6. The van der Waals surface area contributed by atoms with Gasteiger partial charge in [-0.25, -0.2) is 15.0 Å². The molecule has 0 amide bonds. The molecular weight excluding hydrogens is 412 g/mol. The van der Waals surface area contributed by atoms with Crippen molar-refractivity contribution < 1.29 is 5.11 Å². The van der Waals surface area contributed by atoms with Gasteiger partial charge >= 0.3 is 0 Å². The molecule has 31 heavy (non-hydrogen) atoms. The van der Waals surface area contributed by atoms with Crippen molar-refractivity contribution in [2.45, 2.75) is 38.0 Å². The molecular formula is C22H22N6O2S. The summed E-state index contributed by atoms with van der Waals surface area (Å²) in [6, 6.07) is 11.4. The third-order valence-electron chi connectivity index (χ3n) is 5.45. The van der Waals surface area contributed by atoms with Crippen molar-refractivity contribution >= 4 is 32.6 Å². The fourth-order valence-corrected chi connectivity index (χ4v) is 4.76. The number of nitrogens with zero attached hydrogens (tertiary/aromatic N) is 4. The summed E-state index contributed by atoms with van der Waals surface area (Å²) in [6.07, 6.45) is 8.18. The van der Waals surface area contributed by atoms with Crippen molar-refractivity contribution in [3.05, 3.63) is 70.9 Å². The van der Waals surface area contributed by atoms with E-state index in [4.69, 9.17) is 0 Å². The van der Waals surface area contributed by atoms with E-state index in [1.54, 1.807) is 29.2 Å². The van der Waals surface area contributed by atoms with E-state index in [9.17, 15) is 9.90 Å². The molecule has 2 atom stereocenters. The van der Waals surface area contributed by atoms with Crippen LogP contribution in [0.15, 0.2) is 59.8 Å². The van der Waals surface area contributed by atoms with Crippen molar-refractivity contribution in [3.8, 4) is 5.69 Å². The summed E-state index contributed by atoms with van der Waals surface area (Å²) in [5.74, 6) is 0.805. The first-order valence-corrected chi connectivity index (χ1v) is 11.0. The number of anilines is 2. The van der Waals surface area contributed by atoms with E-state index in [2.05, 4.69) is 25.6 Å². The maximum atomic E-state index is 12.0. The predicted octanol–water partition coefficient (Wildman–Crippen LogP) is 3.17. The van der Waals surface area contributed by atoms with E-state index in [1.165, 1.54) is 17.4 Å². The molecule has 3 N–H and O–H groups in total. The summed E-state index contributed by atoms with van der Waals surface area (Å²) in [4.78, 5) is 26.3. The predicted molar refractivity (Wildman–Crippen MR) is 122 cm³/mol. The number of fused-ring (bicyclic) bond motifs is 1. The average Bonchev–Trinajstić information content (AvgIpc) is 3.40. The van der Waals surface area contributed by atoms with Crippen molar-refractivity contribution in [2.75, 3.05) is 10.6 Å². The first-order chi connectivity index (χ1) is 15.2. The van der Waals surface area contributed by atoms with Gasteiger partial charge < -0.3 is 15.7 Å². The second-order valence-electron chi connectivity index (χ2n) is 7.65. The van der Waals surface area contributed by atoms with E-state index in [1.807, 2.05) is 24.3 Å². The monoisotopic (exact) mass is 434 g/mol. The molecule has 0 aromatic carbocycles. The fourth-order valence-electron chi connectivity index (χ4n) is 3.90. The van der Waals surface area contributed by atoms with E-state index in [0.29, 0.717) is 12.1 Å². The molecule has 0 aliphatic heterocycles. The van der Waals surface area contributed by atoms with Crippen LogP contribution < -0.4 is 16.2 Å². The van der Waals surface area contributed by atoms with Crippen LogP contribution in [0.5, 0.6) is 0 Å². The van der Waals surface area contributed by atoms with Gasteiger partial charge in [-0.2, -0.15) is 0 Å². The van der Waals surface area contributed by atoms with Gasteiger partial charge in [0, 0.05) is 30.5 Å². The summed E-state index contributed by atoms with van der Waals surface area (Å²) < 4.78 is 1.57. The maximum Gasteiger partial charge on any atom is 0.255 e. The Bertz CT molecular complexity index is 1250. The average molecular weight is 435 g/mol. The Balaban J connectivity index is 1.20. The van der Waals surface area contributed by atoms with Crippen LogP contribution in [0.3, 0.4) is 0 Å². The molecule has 4 aromatic rings. The fraction of sp³-hybridized carbons (Fsp3) is 0.273. The minimum atomic E-state index is -0.0765. The van der Waals surface area contributed by atoms with Gasteiger partial charge in [-0.15, -0.1) is 0 Å². The van der Waals surface area contributed by atoms with Gasteiger partial charge in [-0.05, 0) is 49.1 Å². The van der Waals surface area contributed by atoms with Crippen molar-refractivity contribution in [3.63, 3.8) is 0 Å². The molecule has 5 rings (SSSR count). The van der Waals surface area contributed by atoms with Crippen LogP contribution in [0.25, 0.3) is 16.0 Å². The number of nitrogens with one attached hydrogen (secondary N) is 2. The Morgan fingerprint density at radius 2 is 1.97 bits per heavy atom. The smallest absolute Gasteiger partial charge is 0.255 e. The van der Waals surface area contributed by atoms with Crippen molar-refractivity contribution in [1.82, 2.24) is 19.5 Å². The van der Waals surface area contributed by atoms with E-state index < -0.39 is 0 Å². The lowest BCUT2D eigenvalue weighted by Crippen LogP contribution is -2.21. The number of aromatic nitrogens is 4. The highest BCUT2D eigenvalue weighted by Gasteiger charge is 2.25. The molecule has 8 nitrogen and oxygen atoms in total. The van der Waals surface area contributed by atoms with E-state index in [-0.39, 0.29) is 12.2 Å². The number of pyridine rings is 3. The highest BCUT2D eigenvalue weighted by atomic mass is 32.1. The zero-order valence-electron chi connectivity index (χ0n) is 16.7. The second-order valence-corrected chi connectivity index (χ2v) is 8.63. The summed E-state index contributed by atoms with van der Waals surface area (Å²) in [6.45, 7) is -0.0314. The first kappa shape index (κ1) is 19.7. The van der Waals surface area contributed by atoms with Crippen LogP contribution in [-0.4, -0.2) is 36.7 Å². The molecule has 1 fully saturated rings. The SMILES string of the molecule is O=c1ccccn1-c1ccc(N[C@H]2CC[C@H](Nc3nc4cc(CO)cnc4s3)C2)nc1. The Kier molecular flexibility index (Phi) is 5.35. The summed E-state index contributed by atoms with van der Waals surface area (Å²) in [5, 5.41) is 17.1. The van der Waals surface area contributed by atoms with Crippen LogP contribution >= 0.6 is 11.3 Å². The number of aliphatic hydroxyl groups excluding tert-OH is 1. The molecule has 1 saturated carbocycles. The van der Waals surface area contributed by atoms with Crippen LogP contribution in [0.4, 0.5) is 10.9 Å². The third kappa shape index (κ3) is 4.28. The lowest BCUT2D eigenvalue weighted by Gasteiger charge is -2.15. The standard InChI is InChI=1S/C22H22N6O2S/c29-13-14-9-18-21(24-11-14)31-22(27-18)26-16-5-4-15(10-16)25-19-7-6-17(12-23-19)28-8-2-1-3-20(28)30/h1-3,6-9,11-12,15-16,29H,4-5,10,13H2,(H,23,25)(H,26,27)/t15-,16-/m0/s1. The topological polar surface area (TPSA) is 105 Å². The molecule has 0 spiro atoms. The Hall–Kier alpha value is -3.30. The molecule has 4 heterocycles. The molecule has 1 aliphatic rings. The van der Waals surface area contributed by atoms with Crippen molar-refractivity contribution in [1.29, 1.82) is 0 Å². The molecule has 0 unspecified atom stereocenters. The lowest BCUT2D eigenvalue weighted by atomic mass is 10.2. The van der Waals surface area contributed by atoms with Crippen LogP contribution in [-0.2, 0) is 6.61 Å². The summed E-state index contributed by atoms with van der Waals surface area (Å²) >= 11 is 1.53. The molecule has 158 valence electrons. The molecule has 4 aromatic heterocycles. The minimum absolute atomic E-state index is 0.0314. The largest absolute Gasteiger partial charge is 0.392 e. The van der Waals surface area contributed by atoms with Gasteiger partial charge in [0.2, 0.25) is 0 Å². The molecule has 1 aliphatic carbocycles. The minimum Gasteiger partial charge on any atom is -0.392 e. The number of hydrogen-bond acceptors (Lipinski definition) is 8. The van der Waals surface area contributed by atoms with Crippen LogP contribution in [0.2, 0.25) is 0 Å². The summed E-state index contributed by atoms with van der Waals surface area (Å²) in [5.41, 5.74) is 2.25. The van der Waals surface area contributed by atoms with Gasteiger partial charge in [-0.1, -0.05) is 17.4 Å². The van der Waals surface area contributed by atoms with Gasteiger partial charge in [-0.3, -0.25) is 9.36 Å². The van der Waals surface area contributed by atoms with E-state index in [0.717, 1.165) is 51.8 Å². The molecule has 0 saturated heterocycles. The van der Waals surface area contributed by atoms with Gasteiger partial charge in [0.05, 0.1) is 18.5 Å². The number of aliphatic hydroxyl groups is 1. The highest BCUT2D eigenvalue weighted by molar-refractivity contribution is 7.21. The summed E-state index contributed by atoms with van der Waals surface area (Å²) in [7, 11) is 0. The molecule has 9 heteroatoms. The number of thiazole rings is 1. The van der Waals surface area contributed by atoms with E-state index >= 15 is 0 Å². The zero-order valence-corrected chi connectivity index (χ0v) is 17.5. The zero-order chi connectivity index (χ0) is 21.2.